The molecule has 182 valence electrons. The summed E-state index contributed by atoms with van der Waals surface area (Å²) in [5.41, 5.74) is 1.30. The van der Waals surface area contributed by atoms with Crippen molar-refractivity contribution in [3.8, 4) is 11.1 Å². The molecular formula is C23H19ClF2N4O4S. The van der Waals surface area contributed by atoms with E-state index in [0.717, 1.165) is 36.4 Å². The molecule has 0 aliphatic carbocycles. The maximum absolute atomic E-state index is 15.0. The quantitative estimate of drug-likeness (QED) is 0.541. The number of sulfone groups is 1. The number of anilines is 1. The van der Waals surface area contributed by atoms with Crippen LogP contribution in [0.1, 0.15) is 30.1 Å². The first-order chi connectivity index (χ1) is 16.5. The molecule has 2 aliphatic heterocycles. The lowest BCUT2D eigenvalue weighted by Crippen LogP contribution is -2.45. The van der Waals surface area contributed by atoms with Gasteiger partial charge in [-0.1, -0.05) is 17.7 Å². The SMILES string of the molecule is CS(=O)(=O)c1ccc(-c2cc(F)c(NC(=O)N3[C@H]4CC[C@@H]3c3n[nH]c(=O)cc3C4)cc2Cl)cc1F. The van der Waals surface area contributed by atoms with Crippen LogP contribution >= 0.6 is 11.6 Å². The van der Waals surface area contributed by atoms with E-state index in [4.69, 9.17) is 11.6 Å². The van der Waals surface area contributed by atoms with Gasteiger partial charge in [-0.2, -0.15) is 5.10 Å². The van der Waals surface area contributed by atoms with Crippen LogP contribution in [0.2, 0.25) is 5.02 Å². The number of halogens is 3. The van der Waals surface area contributed by atoms with Crippen molar-refractivity contribution in [3.05, 3.63) is 74.7 Å². The number of nitrogens with zero attached hydrogens (tertiary/aromatic N) is 2. The molecule has 2 atom stereocenters. The molecule has 3 heterocycles. The number of urea groups is 1. The first kappa shape index (κ1) is 23.4. The van der Waals surface area contributed by atoms with Crippen LogP contribution in [0.5, 0.6) is 0 Å². The van der Waals surface area contributed by atoms with Gasteiger partial charge in [0.1, 0.15) is 16.5 Å². The number of H-pyrrole nitrogens is 1. The average Bonchev–Trinajstić information content (AvgIpc) is 3.10. The highest BCUT2D eigenvalue weighted by Crippen LogP contribution is 2.43. The molecule has 0 spiro atoms. The molecule has 2 N–H and O–H groups in total. The molecule has 3 aromatic rings. The summed E-state index contributed by atoms with van der Waals surface area (Å²) >= 11 is 6.32. The van der Waals surface area contributed by atoms with E-state index in [0.29, 0.717) is 18.5 Å². The molecule has 2 aliphatic rings. The van der Waals surface area contributed by atoms with Gasteiger partial charge in [0.05, 0.1) is 22.4 Å². The Kier molecular flexibility index (Phi) is 5.64. The minimum absolute atomic E-state index is 0.0411. The zero-order valence-corrected chi connectivity index (χ0v) is 19.9. The molecule has 1 aromatic heterocycles. The van der Waals surface area contributed by atoms with Crippen molar-refractivity contribution in [3.63, 3.8) is 0 Å². The molecule has 8 nitrogen and oxygen atoms in total. The molecule has 0 saturated carbocycles. The second-order valence-electron chi connectivity index (χ2n) is 8.66. The Hall–Kier alpha value is -3.31. The second kappa shape index (κ2) is 8.42. The Morgan fingerprint density at radius 3 is 2.66 bits per heavy atom. The molecule has 2 amide bonds. The van der Waals surface area contributed by atoms with Gasteiger partial charge in [-0.15, -0.1) is 0 Å². The summed E-state index contributed by atoms with van der Waals surface area (Å²) in [5, 5.41) is 9.12. The topological polar surface area (TPSA) is 112 Å². The van der Waals surface area contributed by atoms with Crippen LogP contribution in [0.4, 0.5) is 19.3 Å². The fourth-order valence-corrected chi connectivity index (χ4v) is 5.83. The standard InChI is InChI=1S/C23H19ClF2N4O4S/c1-35(33,34)20-5-2-11(7-17(20)26)14-9-16(25)18(10-15(14)24)27-23(32)30-13-3-4-19(30)22-12(6-13)8-21(31)28-29-22/h2,5,7-10,13,19H,3-4,6H2,1H3,(H,27,32)(H,28,31)/t13-,19+/m0/s1. The molecule has 0 radical (unpaired) electrons. The number of benzene rings is 2. The Balaban J connectivity index is 1.41. The maximum Gasteiger partial charge on any atom is 0.322 e. The Morgan fingerprint density at radius 1 is 1.17 bits per heavy atom. The Morgan fingerprint density at radius 2 is 1.94 bits per heavy atom. The van der Waals surface area contributed by atoms with Crippen LogP contribution in [0.15, 0.2) is 46.1 Å². The third-order valence-electron chi connectivity index (χ3n) is 6.37. The number of carbonyl (C=O) groups is 1. The molecular weight excluding hydrogens is 502 g/mol. The first-order valence-electron chi connectivity index (χ1n) is 10.7. The summed E-state index contributed by atoms with van der Waals surface area (Å²) in [6, 6.07) is 6.15. The van der Waals surface area contributed by atoms with Gasteiger partial charge >= 0.3 is 6.03 Å². The van der Waals surface area contributed by atoms with Crippen LogP contribution in [-0.2, 0) is 16.3 Å². The first-order valence-corrected chi connectivity index (χ1v) is 13.0. The summed E-state index contributed by atoms with van der Waals surface area (Å²) in [6.45, 7) is 0. The molecule has 1 saturated heterocycles. The van der Waals surface area contributed by atoms with Crippen LogP contribution in [-0.4, -0.2) is 41.8 Å². The van der Waals surface area contributed by atoms with Crippen molar-refractivity contribution < 1.29 is 22.0 Å². The van der Waals surface area contributed by atoms with Crippen molar-refractivity contribution in [2.45, 2.75) is 36.2 Å². The highest BCUT2D eigenvalue weighted by molar-refractivity contribution is 7.90. The minimum atomic E-state index is -3.76. The van der Waals surface area contributed by atoms with Crippen molar-refractivity contribution in [1.82, 2.24) is 15.1 Å². The zero-order chi connectivity index (χ0) is 25.1. The van der Waals surface area contributed by atoms with Gasteiger partial charge in [0.15, 0.2) is 9.84 Å². The summed E-state index contributed by atoms with van der Waals surface area (Å²) in [7, 11) is -3.76. The predicted octanol–water partition coefficient (Wildman–Crippen LogP) is 4.07. The molecule has 12 heteroatoms. The van der Waals surface area contributed by atoms with E-state index in [1.807, 2.05) is 0 Å². The van der Waals surface area contributed by atoms with Crippen molar-refractivity contribution in [2.24, 2.45) is 0 Å². The largest absolute Gasteiger partial charge is 0.322 e. The summed E-state index contributed by atoms with van der Waals surface area (Å²) in [6.07, 6.45) is 2.76. The molecule has 1 fully saturated rings. The Labute approximate surface area is 203 Å². The highest BCUT2D eigenvalue weighted by atomic mass is 35.5. The maximum atomic E-state index is 15.0. The predicted molar refractivity (Wildman–Crippen MR) is 125 cm³/mol. The van der Waals surface area contributed by atoms with E-state index in [9.17, 15) is 26.8 Å². The van der Waals surface area contributed by atoms with Gasteiger partial charge in [0.2, 0.25) is 0 Å². The van der Waals surface area contributed by atoms with E-state index in [-0.39, 0.29) is 39.5 Å². The normalized spacial score (nSPS) is 18.9. The monoisotopic (exact) mass is 520 g/mol. The third-order valence-corrected chi connectivity index (χ3v) is 7.81. The number of aromatic nitrogens is 2. The Bertz CT molecular complexity index is 1540. The summed E-state index contributed by atoms with van der Waals surface area (Å²) < 4.78 is 52.6. The van der Waals surface area contributed by atoms with Gasteiger partial charge in [-0.3, -0.25) is 4.79 Å². The third kappa shape index (κ3) is 4.19. The van der Waals surface area contributed by atoms with Crippen molar-refractivity contribution in [2.75, 3.05) is 11.6 Å². The number of nitrogens with one attached hydrogen (secondary N) is 2. The van der Waals surface area contributed by atoms with Crippen molar-refractivity contribution >= 4 is 33.2 Å². The smallest absolute Gasteiger partial charge is 0.313 e. The van der Waals surface area contributed by atoms with Crippen LogP contribution < -0.4 is 10.9 Å². The zero-order valence-electron chi connectivity index (χ0n) is 18.3. The van der Waals surface area contributed by atoms with Gasteiger partial charge in [0, 0.05) is 23.9 Å². The summed E-state index contributed by atoms with van der Waals surface area (Å²) in [5.74, 6) is -1.77. The van der Waals surface area contributed by atoms with E-state index in [1.165, 1.54) is 18.2 Å². The number of aromatic amines is 1. The molecule has 5 rings (SSSR count). The van der Waals surface area contributed by atoms with Gasteiger partial charge in [0.25, 0.3) is 5.56 Å². The fraction of sp³-hybridized carbons (Fsp3) is 0.261. The highest BCUT2D eigenvalue weighted by Gasteiger charge is 2.44. The lowest BCUT2D eigenvalue weighted by atomic mass is 9.99. The van der Waals surface area contributed by atoms with Crippen molar-refractivity contribution in [1.29, 1.82) is 0 Å². The number of amides is 2. The number of carbonyl (C=O) groups excluding carboxylic acids is 1. The van der Waals surface area contributed by atoms with E-state index >= 15 is 0 Å². The van der Waals surface area contributed by atoms with Crippen LogP contribution in [0, 0.1) is 11.6 Å². The second-order valence-corrected chi connectivity index (χ2v) is 11.1. The average molecular weight is 521 g/mol. The van der Waals surface area contributed by atoms with Gasteiger partial charge < -0.3 is 10.2 Å². The van der Waals surface area contributed by atoms with E-state index < -0.39 is 32.4 Å². The van der Waals surface area contributed by atoms with Crippen LogP contribution in [0.25, 0.3) is 11.1 Å². The van der Waals surface area contributed by atoms with Gasteiger partial charge in [-0.05, 0) is 54.7 Å². The fourth-order valence-electron chi connectivity index (χ4n) is 4.83. The molecule has 2 aromatic carbocycles. The lowest BCUT2D eigenvalue weighted by molar-refractivity contribution is 0.177. The number of hydrogen-bond acceptors (Lipinski definition) is 5. The van der Waals surface area contributed by atoms with E-state index in [2.05, 4.69) is 15.5 Å². The lowest BCUT2D eigenvalue weighted by Gasteiger charge is -2.35. The number of fused-ring (bicyclic) bond motifs is 4. The molecule has 0 unspecified atom stereocenters. The molecule has 2 bridgehead atoms. The summed E-state index contributed by atoms with van der Waals surface area (Å²) in [4.78, 5) is 25.8. The minimum Gasteiger partial charge on any atom is -0.313 e. The molecule has 35 heavy (non-hydrogen) atoms. The number of hydrogen-bond donors (Lipinski definition) is 2. The van der Waals surface area contributed by atoms with E-state index in [1.54, 1.807) is 4.90 Å². The van der Waals surface area contributed by atoms with Crippen LogP contribution in [0.3, 0.4) is 0 Å². The number of rotatable bonds is 3. The van der Waals surface area contributed by atoms with Gasteiger partial charge in [-0.25, -0.2) is 27.1 Å².